The van der Waals surface area contributed by atoms with Gasteiger partial charge >= 0.3 is 0 Å². The van der Waals surface area contributed by atoms with Gasteiger partial charge in [-0.1, -0.05) is 56.7 Å². The normalized spacial score (nSPS) is 12.1. The lowest BCUT2D eigenvalue weighted by atomic mass is 10.0. The number of terminal acetylenes is 1. The van der Waals surface area contributed by atoms with Crippen LogP contribution in [-0.4, -0.2) is 33.0 Å². The standard InChI is InChI=1S/C33H39N5.C2H2/c1-7-9-10-11-25(6)32-33(37-22-36-32)26-12-14-30-28(16-26)17-29(19-34-30)27-13-15-31(35-18-27)38(20-23(3)4)21-24(5)8-2;1-2/h8-19,22-23H,7,20-21H2,1-6H3,(H,36,37);1-2H/b10-9-,24-8-,25-11+;. The zero-order valence-electron chi connectivity index (χ0n) is 24.6. The Balaban J connectivity index is 0.00000216. The van der Waals surface area contributed by atoms with Crippen LogP contribution < -0.4 is 4.90 Å². The van der Waals surface area contributed by atoms with Gasteiger partial charge in [0.2, 0.25) is 0 Å². The van der Waals surface area contributed by atoms with Gasteiger partial charge in [0.25, 0.3) is 0 Å². The molecule has 4 rings (SSSR count). The molecule has 0 aliphatic heterocycles. The van der Waals surface area contributed by atoms with Gasteiger partial charge in [-0.15, -0.1) is 12.8 Å². The lowest BCUT2D eigenvalue weighted by Gasteiger charge is -2.26. The van der Waals surface area contributed by atoms with E-state index in [1.807, 2.05) is 12.4 Å². The number of imidazole rings is 1. The summed E-state index contributed by atoms with van der Waals surface area (Å²) in [6, 6.07) is 12.8. The third-order valence-corrected chi connectivity index (χ3v) is 6.62. The zero-order valence-corrected chi connectivity index (χ0v) is 24.6. The van der Waals surface area contributed by atoms with Crippen LogP contribution in [0, 0.1) is 18.8 Å². The minimum Gasteiger partial charge on any atom is -0.352 e. The molecule has 5 nitrogen and oxygen atoms in total. The zero-order chi connectivity index (χ0) is 29.1. The number of benzene rings is 1. The molecule has 0 atom stereocenters. The monoisotopic (exact) mass is 531 g/mol. The number of aromatic nitrogens is 4. The first-order valence-electron chi connectivity index (χ1n) is 13.8. The third-order valence-electron chi connectivity index (χ3n) is 6.62. The van der Waals surface area contributed by atoms with Gasteiger partial charge in [-0.25, -0.2) is 9.97 Å². The summed E-state index contributed by atoms with van der Waals surface area (Å²) in [5, 5.41) is 1.09. The first kappa shape index (κ1) is 30.1. The van der Waals surface area contributed by atoms with E-state index in [9.17, 15) is 0 Å². The van der Waals surface area contributed by atoms with Crippen LogP contribution in [0.1, 0.15) is 53.7 Å². The summed E-state index contributed by atoms with van der Waals surface area (Å²) in [5.74, 6) is 1.56. The Morgan fingerprint density at radius 2 is 1.70 bits per heavy atom. The number of allylic oxidation sites excluding steroid dienone is 5. The number of nitrogens with one attached hydrogen (secondary N) is 1. The van der Waals surface area contributed by atoms with E-state index in [0.29, 0.717) is 5.92 Å². The summed E-state index contributed by atoms with van der Waals surface area (Å²) >= 11 is 0. The van der Waals surface area contributed by atoms with Gasteiger partial charge in [0.15, 0.2) is 0 Å². The molecule has 1 aromatic carbocycles. The number of nitrogens with zero attached hydrogens (tertiary/aromatic N) is 4. The van der Waals surface area contributed by atoms with Gasteiger partial charge in [-0.2, -0.15) is 0 Å². The SMILES string of the molecule is C#C.C/C=C(/C)CN(CC(C)C)c1ccc(-c2cnc3ccc(-c4[nH]cnc4/C(C)=C/C=C\CC)cc3c2)cn1. The van der Waals surface area contributed by atoms with Gasteiger partial charge in [0.1, 0.15) is 5.82 Å². The molecule has 40 heavy (non-hydrogen) atoms. The van der Waals surface area contributed by atoms with E-state index in [1.165, 1.54) is 5.57 Å². The van der Waals surface area contributed by atoms with Crippen molar-refractivity contribution in [2.45, 2.75) is 48.0 Å². The minimum atomic E-state index is 0.558. The second kappa shape index (κ2) is 14.6. The molecule has 0 saturated carbocycles. The van der Waals surface area contributed by atoms with Crippen LogP contribution in [0.5, 0.6) is 0 Å². The molecule has 3 heterocycles. The number of anilines is 1. The van der Waals surface area contributed by atoms with E-state index in [1.54, 1.807) is 6.33 Å². The summed E-state index contributed by atoms with van der Waals surface area (Å²) in [5.41, 5.74) is 8.62. The number of fused-ring (bicyclic) bond motifs is 1. The van der Waals surface area contributed by atoms with Crippen molar-refractivity contribution < 1.29 is 0 Å². The van der Waals surface area contributed by atoms with Gasteiger partial charge in [-0.05, 0) is 69.0 Å². The third kappa shape index (κ3) is 7.57. The Morgan fingerprint density at radius 3 is 2.38 bits per heavy atom. The molecule has 0 saturated heterocycles. The van der Waals surface area contributed by atoms with Crippen LogP contribution in [0.15, 0.2) is 85.0 Å². The molecule has 5 heteroatoms. The number of rotatable bonds is 10. The predicted molar refractivity (Wildman–Crippen MR) is 172 cm³/mol. The summed E-state index contributed by atoms with van der Waals surface area (Å²) in [6.45, 7) is 14.8. The molecule has 0 bridgehead atoms. The Morgan fingerprint density at radius 1 is 0.975 bits per heavy atom. The van der Waals surface area contributed by atoms with E-state index >= 15 is 0 Å². The van der Waals surface area contributed by atoms with Crippen LogP contribution in [0.25, 0.3) is 38.9 Å². The number of hydrogen-bond acceptors (Lipinski definition) is 4. The highest BCUT2D eigenvalue weighted by molar-refractivity contribution is 5.89. The smallest absolute Gasteiger partial charge is 0.128 e. The topological polar surface area (TPSA) is 57.7 Å². The molecular weight excluding hydrogens is 490 g/mol. The maximum atomic E-state index is 4.84. The molecule has 3 aromatic heterocycles. The van der Waals surface area contributed by atoms with Crippen LogP contribution in [0.4, 0.5) is 5.82 Å². The van der Waals surface area contributed by atoms with Crippen LogP contribution in [0.2, 0.25) is 0 Å². The van der Waals surface area contributed by atoms with E-state index in [0.717, 1.165) is 69.9 Å². The first-order chi connectivity index (χ1) is 19.4. The number of H-pyrrole nitrogens is 1. The summed E-state index contributed by atoms with van der Waals surface area (Å²) < 4.78 is 0. The minimum absolute atomic E-state index is 0.558. The van der Waals surface area contributed by atoms with E-state index in [4.69, 9.17) is 9.97 Å². The largest absolute Gasteiger partial charge is 0.352 e. The highest BCUT2D eigenvalue weighted by atomic mass is 15.2. The number of hydrogen-bond donors (Lipinski definition) is 1. The highest BCUT2D eigenvalue weighted by Gasteiger charge is 2.13. The molecule has 0 radical (unpaired) electrons. The van der Waals surface area contributed by atoms with Crippen molar-refractivity contribution >= 4 is 22.3 Å². The molecule has 0 spiro atoms. The molecule has 0 aliphatic rings. The second-order valence-electron chi connectivity index (χ2n) is 10.3. The molecule has 0 aliphatic carbocycles. The molecule has 0 amide bonds. The quantitative estimate of drug-likeness (QED) is 0.126. The number of pyridine rings is 2. The average molecular weight is 532 g/mol. The summed E-state index contributed by atoms with van der Waals surface area (Å²) in [4.78, 5) is 19.9. The molecule has 0 unspecified atom stereocenters. The van der Waals surface area contributed by atoms with Crippen molar-refractivity contribution in [3.63, 3.8) is 0 Å². The van der Waals surface area contributed by atoms with Crippen molar-refractivity contribution in [2.24, 2.45) is 5.92 Å². The maximum Gasteiger partial charge on any atom is 0.128 e. The average Bonchev–Trinajstić information content (AvgIpc) is 3.47. The molecular formula is C35H41N5. The molecule has 4 aromatic rings. The fourth-order valence-corrected chi connectivity index (χ4v) is 4.50. The Labute approximate surface area is 239 Å². The van der Waals surface area contributed by atoms with Crippen molar-refractivity contribution in [1.29, 1.82) is 0 Å². The van der Waals surface area contributed by atoms with Crippen molar-refractivity contribution in [3.05, 3.63) is 90.7 Å². The van der Waals surface area contributed by atoms with Crippen LogP contribution >= 0.6 is 0 Å². The van der Waals surface area contributed by atoms with E-state index < -0.39 is 0 Å². The van der Waals surface area contributed by atoms with E-state index in [2.05, 4.69) is 130 Å². The Kier molecular flexibility index (Phi) is 11.0. The predicted octanol–water partition coefficient (Wildman–Crippen LogP) is 8.73. The second-order valence-corrected chi connectivity index (χ2v) is 10.3. The lowest BCUT2D eigenvalue weighted by molar-refractivity contribution is 0.618. The molecule has 206 valence electrons. The maximum absolute atomic E-state index is 4.84. The fourth-order valence-electron chi connectivity index (χ4n) is 4.50. The van der Waals surface area contributed by atoms with Crippen LogP contribution in [-0.2, 0) is 0 Å². The summed E-state index contributed by atoms with van der Waals surface area (Å²) in [7, 11) is 0. The summed E-state index contributed by atoms with van der Waals surface area (Å²) in [6.07, 6.45) is 23.2. The highest BCUT2D eigenvalue weighted by Crippen LogP contribution is 2.30. The Hall–Kier alpha value is -4.43. The number of aromatic amines is 1. The van der Waals surface area contributed by atoms with Crippen molar-refractivity contribution in [3.8, 4) is 35.2 Å². The van der Waals surface area contributed by atoms with Gasteiger partial charge < -0.3 is 9.88 Å². The Bertz CT molecular complexity index is 1500. The van der Waals surface area contributed by atoms with Gasteiger partial charge in [0.05, 0.1) is 23.2 Å². The first-order valence-corrected chi connectivity index (χ1v) is 13.8. The van der Waals surface area contributed by atoms with Crippen molar-refractivity contribution in [2.75, 3.05) is 18.0 Å². The molecule has 0 fully saturated rings. The van der Waals surface area contributed by atoms with E-state index in [-0.39, 0.29) is 0 Å². The van der Waals surface area contributed by atoms with Crippen LogP contribution in [0.3, 0.4) is 0 Å². The van der Waals surface area contributed by atoms with Gasteiger partial charge in [0, 0.05) is 47.6 Å². The lowest BCUT2D eigenvalue weighted by Crippen LogP contribution is -2.30. The van der Waals surface area contributed by atoms with Crippen molar-refractivity contribution in [1.82, 2.24) is 19.9 Å². The fraction of sp³-hybridized carbons (Fsp3) is 0.286. The molecule has 1 N–H and O–H groups in total. The van der Waals surface area contributed by atoms with Gasteiger partial charge in [-0.3, -0.25) is 4.98 Å².